The maximum atomic E-state index is 11.9. The predicted octanol–water partition coefficient (Wildman–Crippen LogP) is 2.32. The van der Waals surface area contributed by atoms with Crippen molar-refractivity contribution in [3.63, 3.8) is 0 Å². The van der Waals surface area contributed by atoms with Crippen molar-refractivity contribution in [3.05, 3.63) is 76.5 Å². The summed E-state index contributed by atoms with van der Waals surface area (Å²) in [5.41, 5.74) is 8.58. The summed E-state index contributed by atoms with van der Waals surface area (Å²) in [6.07, 6.45) is 2.92. The van der Waals surface area contributed by atoms with Crippen LogP contribution in [0.25, 0.3) is 16.6 Å². The molecule has 8 heteroatoms. The number of hydrogen-bond acceptors (Lipinski definition) is 6. The number of nitrogens with zero attached hydrogens (tertiary/aromatic N) is 3. The number of nitrogens with two attached hydrogens (primary N) is 1. The van der Waals surface area contributed by atoms with Gasteiger partial charge in [0.25, 0.3) is 0 Å². The number of aliphatic hydroxyl groups excluding tert-OH is 1. The summed E-state index contributed by atoms with van der Waals surface area (Å²) in [5.74, 6) is 0.640. The minimum atomic E-state index is -0.518. The van der Waals surface area contributed by atoms with Crippen LogP contribution < -0.4 is 16.0 Å². The Morgan fingerprint density at radius 3 is 2.89 bits per heavy atom. The van der Waals surface area contributed by atoms with Crippen LogP contribution in [0.2, 0.25) is 0 Å². The predicted molar refractivity (Wildman–Crippen MR) is 105 cm³/mol. The van der Waals surface area contributed by atoms with E-state index in [-0.39, 0.29) is 18.0 Å². The van der Waals surface area contributed by atoms with Crippen molar-refractivity contribution in [2.45, 2.75) is 19.6 Å². The number of rotatable bonds is 5. The number of hydrogen-bond donors (Lipinski definition) is 3. The van der Waals surface area contributed by atoms with Crippen molar-refractivity contribution in [2.24, 2.45) is 0 Å². The van der Waals surface area contributed by atoms with Gasteiger partial charge in [-0.1, -0.05) is 6.07 Å². The van der Waals surface area contributed by atoms with Crippen LogP contribution in [0.1, 0.15) is 24.3 Å². The van der Waals surface area contributed by atoms with Crippen molar-refractivity contribution in [1.29, 1.82) is 0 Å². The Hall–Kier alpha value is -3.65. The van der Waals surface area contributed by atoms with Crippen LogP contribution in [0.4, 0.5) is 5.82 Å². The van der Waals surface area contributed by atoms with E-state index in [0.29, 0.717) is 22.6 Å². The highest BCUT2D eigenvalue weighted by atomic mass is 16.5. The summed E-state index contributed by atoms with van der Waals surface area (Å²) in [5, 5.41) is 14.4. The van der Waals surface area contributed by atoms with Gasteiger partial charge in [-0.15, -0.1) is 0 Å². The standard InChI is InChI=1S/C20H19N5O3/c1-12(19-16(5-6-18(27)24-19)25-8-2-7-22-25)28-17-10-14-9-13(11-26)3-4-15(14)23-20(17)21/h2-10,12,26H,11H2,1H3,(H2,21,23)(H,24,27). The quantitative estimate of drug-likeness (QED) is 0.491. The van der Waals surface area contributed by atoms with E-state index in [1.165, 1.54) is 6.07 Å². The number of pyridine rings is 2. The Labute approximate surface area is 160 Å². The molecule has 28 heavy (non-hydrogen) atoms. The lowest BCUT2D eigenvalue weighted by Crippen LogP contribution is -2.17. The average Bonchev–Trinajstić information content (AvgIpc) is 3.22. The molecule has 4 aromatic rings. The Bertz CT molecular complexity index is 1180. The van der Waals surface area contributed by atoms with Crippen molar-refractivity contribution < 1.29 is 9.84 Å². The monoisotopic (exact) mass is 377 g/mol. The molecule has 0 radical (unpaired) electrons. The number of ether oxygens (including phenoxy) is 1. The molecule has 0 aliphatic heterocycles. The first-order valence-electron chi connectivity index (χ1n) is 8.75. The van der Waals surface area contributed by atoms with Gasteiger partial charge in [-0.2, -0.15) is 5.10 Å². The number of anilines is 1. The molecule has 8 nitrogen and oxygen atoms in total. The first-order valence-corrected chi connectivity index (χ1v) is 8.75. The molecule has 0 saturated carbocycles. The third-order valence-corrected chi connectivity index (χ3v) is 4.44. The number of benzene rings is 1. The molecule has 4 rings (SSSR count). The summed E-state index contributed by atoms with van der Waals surface area (Å²) in [7, 11) is 0. The van der Waals surface area contributed by atoms with Crippen molar-refractivity contribution >= 4 is 16.7 Å². The maximum Gasteiger partial charge on any atom is 0.248 e. The van der Waals surface area contributed by atoms with Gasteiger partial charge in [0.2, 0.25) is 5.56 Å². The fourth-order valence-electron chi connectivity index (χ4n) is 3.07. The molecule has 0 aliphatic rings. The third-order valence-electron chi connectivity index (χ3n) is 4.44. The van der Waals surface area contributed by atoms with Crippen LogP contribution in [0.3, 0.4) is 0 Å². The van der Waals surface area contributed by atoms with Crippen LogP contribution >= 0.6 is 0 Å². The molecule has 4 N–H and O–H groups in total. The average molecular weight is 377 g/mol. The topological polar surface area (TPSA) is 119 Å². The maximum absolute atomic E-state index is 11.9. The van der Waals surface area contributed by atoms with E-state index >= 15 is 0 Å². The lowest BCUT2D eigenvalue weighted by molar-refractivity contribution is 0.222. The molecule has 0 bridgehead atoms. The zero-order chi connectivity index (χ0) is 19.7. The van der Waals surface area contributed by atoms with Gasteiger partial charge in [0, 0.05) is 23.8 Å². The van der Waals surface area contributed by atoms with Crippen LogP contribution in [0.15, 0.2) is 59.7 Å². The molecule has 0 amide bonds. The zero-order valence-corrected chi connectivity index (χ0v) is 15.2. The molecule has 142 valence electrons. The molecule has 1 atom stereocenters. The second kappa shape index (κ2) is 7.16. The number of aliphatic hydroxyl groups is 1. The first kappa shape index (κ1) is 17.7. The molecule has 0 spiro atoms. The van der Waals surface area contributed by atoms with E-state index < -0.39 is 6.10 Å². The van der Waals surface area contributed by atoms with Crippen LogP contribution in [-0.4, -0.2) is 24.9 Å². The summed E-state index contributed by atoms with van der Waals surface area (Å²) in [6, 6.07) is 12.1. The Kier molecular flexibility index (Phi) is 4.54. The second-order valence-electron chi connectivity index (χ2n) is 6.39. The molecular weight excluding hydrogens is 358 g/mol. The number of aromatic amines is 1. The molecule has 1 unspecified atom stereocenters. The SMILES string of the molecule is CC(Oc1cc2cc(CO)ccc2nc1N)c1[nH]c(=O)ccc1-n1cccn1. The highest BCUT2D eigenvalue weighted by molar-refractivity contribution is 5.83. The van der Waals surface area contributed by atoms with Gasteiger partial charge in [0.15, 0.2) is 11.6 Å². The molecule has 0 fully saturated rings. The van der Waals surface area contributed by atoms with Crippen molar-refractivity contribution in [1.82, 2.24) is 19.7 Å². The van der Waals surface area contributed by atoms with E-state index in [2.05, 4.69) is 15.1 Å². The smallest absolute Gasteiger partial charge is 0.248 e. The summed E-state index contributed by atoms with van der Waals surface area (Å²) in [4.78, 5) is 19.1. The zero-order valence-electron chi connectivity index (χ0n) is 15.2. The van der Waals surface area contributed by atoms with Crippen molar-refractivity contribution in [2.75, 3.05) is 5.73 Å². The molecule has 0 saturated heterocycles. The van der Waals surface area contributed by atoms with Crippen LogP contribution in [0.5, 0.6) is 5.75 Å². The number of nitrogen functional groups attached to an aromatic ring is 1. The lowest BCUT2D eigenvalue weighted by Gasteiger charge is -2.19. The van der Waals surface area contributed by atoms with Gasteiger partial charge in [-0.05, 0) is 42.8 Å². The third kappa shape index (κ3) is 3.33. The molecule has 0 aliphatic carbocycles. The fourth-order valence-corrected chi connectivity index (χ4v) is 3.07. The van der Waals surface area contributed by atoms with E-state index in [4.69, 9.17) is 10.5 Å². The fraction of sp³-hybridized carbons (Fsp3) is 0.150. The van der Waals surface area contributed by atoms with Crippen molar-refractivity contribution in [3.8, 4) is 11.4 Å². The highest BCUT2D eigenvalue weighted by Gasteiger charge is 2.17. The summed E-state index contributed by atoms with van der Waals surface area (Å²) in [6.45, 7) is 1.75. The molecular formula is C20H19N5O3. The molecule has 3 heterocycles. The van der Waals surface area contributed by atoms with E-state index in [0.717, 1.165) is 10.9 Å². The summed E-state index contributed by atoms with van der Waals surface area (Å²) < 4.78 is 7.70. The Morgan fingerprint density at radius 1 is 1.29 bits per heavy atom. The second-order valence-corrected chi connectivity index (χ2v) is 6.39. The molecule has 3 aromatic heterocycles. The number of aromatic nitrogens is 4. The number of H-pyrrole nitrogens is 1. The number of nitrogens with one attached hydrogen (secondary N) is 1. The highest BCUT2D eigenvalue weighted by Crippen LogP contribution is 2.30. The normalized spacial score (nSPS) is 12.2. The Balaban J connectivity index is 1.73. The van der Waals surface area contributed by atoms with E-state index in [1.54, 1.807) is 47.4 Å². The summed E-state index contributed by atoms with van der Waals surface area (Å²) >= 11 is 0. The minimum Gasteiger partial charge on any atom is -0.481 e. The minimum absolute atomic E-state index is 0.0641. The van der Waals surface area contributed by atoms with Crippen LogP contribution in [0, 0.1) is 0 Å². The van der Waals surface area contributed by atoms with Gasteiger partial charge in [0.1, 0.15) is 6.10 Å². The molecule has 1 aromatic carbocycles. The van der Waals surface area contributed by atoms with E-state index in [9.17, 15) is 9.90 Å². The first-order chi connectivity index (χ1) is 13.5. The van der Waals surface area contributed by atoms with Crippen LogP contribution in [-0.2, 0) is 6.61 Å². The van der Waals surface area contributed by atoms with Gasteiger partial charge < -0.3 is 20.6 Å². The van der Waals surface area contributed by atoms with Gasteiger partial charge in [-0.25, -0.2) is 9.67 Å². The van der Waals surface area contributed by atoms with Gasteiger partial charge in [0.05, 0.1) is 23.5 Å². The lowest BCUT2D eigenvalue weighted by atomic mass is 10.1. The largest absolute Gasteiger partial charge is 0.481 e. The number of fused-ring (bicyclic) bond motifs is 1. The van der Waals surface area contributed by atoms with Gasteiger partial charge in [-0.3, -0.25) is 4.79 Å². The Morgan fingerprint density at radius 2 is 2.14 bits per heavy atom. The van der Waals surface area contributed by atoms with Gasteiger partial charge >= 0.3 is 0 Å². The van der Waals surface area contributed by atoms with E-state index in [1.807, 2.05) is 13.0 Å².